The topological polar surface area (TPSA) is 65.5 Å². The summed E-state index contributed by atoms with van der Waals surface area (Å²) in [5, 5.41) is 8.43. The highest BCUT2D eigenvalue weighted by Crippen LogP contribution is 2.33. The number of hydrogen-bond acceptors (Lipinski definition) is 2. The van der Waals surface area contributed by atoms with Crippen molar-refractivity contribution in [3.8, 4) is 0 Å². The number of rotatable bonds is 4. The summed E-state index contributed by atoms with van der Waals surface area (Å²) in [5.41, 5.74) is 2.17. The molecule has 2 aromatic carbocycles. The number of nitrogens with one attached hydrogen (secondary N) is 3. The number of hydrogen-bond donors (Lipinski definition) is 3. The van der Waals surface area contributed by atoms with Crippen molar-refractivity contribution in [1.29, 1.82) is 0 Å². The molecular weight excluding hydrogens is 393 g/mol. The molecule has 0 radical (unpaired) electrons. The number of aliphatic imine (C=N–C) groups is 1. The minimum absolute atomic E-state index is 0.0434. The maximum absolute atomic E-state index is 12.9. The van der Waals surface area contributed by atoms with Crippen LogP contribution in [0.3, 0.4) is 0 Å². The van der Waals surface area contributed by atoms with Gasteiger partial charge in [-0.15, -0.1) is 0 Å². The van der Waals surface area contributed by atoms with Crippen molar-refractivity contribution < 1.29 is 18.0 Å². The van der Waals surface area contributed by atoms with E-state index in [4.69, 9.17) is 0 Å². The molecule has 3 N–H and O–H groups in total. The molecule has 1 aliphatic heterocycles. The predicted molar refractivity (Wildman–Crippen MR) is 114 cm³/mol. The van der Waals surface area contributed by atoms with Crippen molar-refractivity contribution in [3.63, 3.8) is 0 Å². The zero-order valence-electron chi connectivity index (χ0n) is 16.9. The van der Waals surface area contributed by atoms with Crippen molar-refractivity contribution in [3.05, 3.63) is 65.4 Å². The number of nitrogens with zero attached hydrogens (tertiary/aromatic N) is 1. The van der Waals surface area contributed by atoms with Gasteiger partial charge in [0.1, 0.15) is 5.84 Å². The van der Waals surface area contributed by atoms with Gasteiger partial charge in [0.2, 0.25) is 0 Å². The smallest absolute Gasteiger partial charge is 0.350 e. The Balaban J connectivity index is 1.66. The van der Waals surface area contributed by atoms with Gasteiger partial charge < -0.3 is 16.0 Å². The van der Waals surface area contributed by atoms with Gasteiger partial charge in [-0.3, -0.25) is 4.99 Å². The quantitative estimate of drug-likeness (QED) is 0.590. The number of alkyl halides is 3. The van der Waals surface area contributed by atoms with Gasteiger partial charge >= 0.3 is 12.2 Å². The molecule has 3 rings (SSSR count). The molecule has 0 spiro atoms. The Morgan fingerprint density at radius 2 is 1.80 bits per heavy atom. The van der Waals surface area contributed by atoms with Crippen LogP contribution < -0.4 is 16.0 Å². The Kier molecular flexibility index (Phi) is 6.14. The summed E-state index contributed by atoms with van der Waals surface area (Å²) in [6.45, 7) is 5.37. The number of carbonyl (C=O) groups excluding carboxylic acids is 1. The molecule has 0 aliphatic carbocycles. The summed E-state index contributed by atoms with van der Waals surface area (Å²) >= 11 is 0. The Labute approximate surface area is 173 Å². The Hall–Kier alpha value is -3.29. The van der Waals surface area contributed by atoms with Crippen LogP contribution in [0.15, 0.2) is 53.7 Å². The molecule has 0 fully saturated rings. The molecule has 0 bridgehead atoms. The van der Waals surface area contributed by atoms with Gasteiger partial charge in [0.25, 0.3) is 0 Å². The maximum atomic E-state index is 12.9. The van der Waals surface area contributed by atoms with Crippen LogP contribution in [0.2, 0.25) is 0 Å². The highest BCUT2D eigenvalue weighted by molar-refractivity contribution is 6.01. The number of carbonyl (C=O) groups is 1. The lowest BCUT2D eigenvalue weighted by Gasteiger charge is -2.13. The summed E-state index contributed by atoms with van der Waals surface area (Å²) in [5.74, 6) is 0.897. The summed E-state index contributed by atoms with van der Waals surface area (Å²) < 4.78 is 38.6. The molecule has 1 aliphatic rings. The lowest BCUT2D eigenvalue weighted by Crippen LogP contribution is -2.19. The Morgan fingerprint density at radius 1 is 1.10 bits per heavy atom. The van der Waals surface area contributed by atoms with Crippen molar-refractivity contribution in [2.24, 2.45) is 4.99 Å². The number of benzene rings is 2. The third-order valence-corrected chi connectivity index (χ3v) is 4.47. The Bertz CT molecular complexity index is 1010. The van der Waals surface area contributed by atoms with Gasteiger partial charge in [-0.2, -0.15) is 13.2 Å². The van der Waals surface area contributed by atoms with Crippen molar-refractivity contribution in [1.82, 2.24) is 5.32 Å². The van der Waals surface area contributed by atoms with E-state index < -0.39 is 17.8 Å². The van der Waals surface area contributed by atoms with Crippen LogP contribution in [0.25, 0.3) is 5.57 Å². The van der Waals surface area contributed by atoms with Gasteiger partial charge in [0.05, 0.1) is 5.56 Å². The van der Waals surface area contributed by atoms with E-state index in [-0.39, 0.29) is 17.3 Å². The average Bonchev–Trinajstić information content (AvgIpc) is 3.08. The van der Waals surface area contributed by atoms with Crippen molar-refractivity contribution >= 4 is 28.8 Å². The van der Waals surface area contributed by atoms with Crippen LogP contribution in [0.1, 0.15) is 37.0 Å². The second kappa shape index (κ2) is 8.61. The molecule has 0 saturated carbocycles. The number of amides is 2. The van der Waals surface area contributed by atoms with E-state index in [1.54, 1.807) is 6.07 Å². The highest BCUT2D eigenvalue weighted by Gasteiger charge is 2.32. The molecule has 0 atom stereocenters. The fourth-order valence-corrected chi connectivity index (χ4v) is 3.18. The van der Waals surface area contributed by atoms with Crippen LogP contribution in [-0.4, -0.2) is 17.9 Å². The number of halogens is 3. The van der Waals surface area contributed by atoms with Crippen LogP contribution in [0, 0.1) is 6.92 Å². The molecule has 2 amide bonds. The van der Waals surface area contributed by atoms with Gasteiger partial charge in [0.15, 0.2) is 0 Å². The molecule has 1 heterocycles. The van der Waals surface area contributed by atoms with E-state index in [0.717, 1.165) is 23.0 Å². The van der Waals surface area contributed by atoms with Crippen LogP contribution in [0.5, 0.6) is 0 Å². The van der Waals surface area contributed by atoms with Crippen LogP contribution >= 0.6 is 0 Å². The third kappa shape index (κ3) is 5.40. The monoisotopic (exact) mass is 416 g/mol. The van der Waals surface area contributed by atoms with Gasteiger partial charge in [-0.05, 0) is 67.8 Å². The Morgan fingerprint density at radius 3 is 2.43 bits per heavy atom. The second-order valence-electron chi connectivity index (χ2n) is 7.35. The molecular formula is C22H23F3N4O. The van der Waals surface area contributed by atoms with Crippen molar-refractivity contribution in [2.75, 3.05) is 10.6 Å². The second-order valence-corrected chi connectivity index (χ2v) is 7.35. The molecule has 0 unspecified atom stereocenters. The molecule has 30 heavy (non-hydrogen) atoms. The summed E-state index contributed by atoms with van der Waals surface area (Å²) in [6.07, 6.45) is -1.85. The van der Waals surface area contributed by atoms with E-state index in [2.05, 4.69) is 20.9 Å². The first-order chi connectivity index (χ1) is 14.1. The van der Waals surface area contributed by atoms with E-state index >= 15 is 0 Å². The molecule has 0 aromatic heterocycles. The van der Waals surface area contributed by atoms with Gasteiger partial charge in [-0.1, -0.05) is 12.1 Å². The number of anilines is 2. The van der Waals surface area contributed by atoms with Crippen LogP contribution in [-0.2, 0) is 6.18 Å². The number of urea groups is 1. The molecule has 8 heteroatoms. The summed E-state index contributed by atoms with van der Waals surface area (Å²) in [4.78, 5) is 16.8. The van der Waals surface area contributed by atoms with E-state index in [1.807, 2.05) is 38.2 Å². The van der Waals surface area contributed by atoms with Crippen molar-refractivity contribution in [2.45, 2.75) is 39.4 Å². The lowest BCUT2D eigenvalue weighted by molar-refractivity contribution is -0.138. The maximum Gasteiger partial charge on any atom is 0.416 e. The SMILES string of the molecule is Cc1cc(NC(=O)Nc2cccc(C3=CNC(=NC(C)C)C3)c2)ccc1C(F)(F)F. The minimum atomic E-state index is -4.42. The van der Waals surface area contributed by atoms with Crippen LogP contribution in [0.4, 0.5) is 29.3 Å². The van der Waals surface area contributed by atoms with E-state index in [0.29, 0.717) is 12.1 Å². The lowest BCUT2D eigenvalue weighted by atomic mass is 10.0. The molecule has 5 nitrogen and oxygen atoms in total. The molecule has 158 valence electrons. The fourth-order valence-electron chi connectivity index (χ4n) is 3.18. The fraction of sp³-hybridized carbons (Fsp3) is 0.273. The zero-order valence-corrected chi connectivity index (χ0v) is 16.9. The van der Waals surface area contributed by atoms with E-state index in [9.17, 15) is 18.0 Å². The molecule has 0 saturated heterocycles. The summed E-state index contributed by atoms with van der Waals surface area (Å²) in [7, 11) is 0. The van der Waals surface area contributed by atoms with Gasteiger partial charge in [-0.25, -0.2) is 4.79 Å². The average molecular weight is 416 g/mol. The number of amidine groups is 1. The summed E-state index contributed by atoms with van der Waals surface area (Å²) in [6, 6.07) is 10.5. The standard InChI is InChI=1S/C22H23F3N4O/c1-13(2)27-20-11-16(12-26-20)15-5-4-6-17(10-15)28-21(30)29-18-7-8-19(14(3)9-18)22(23,24)25/h4-10,12-13H,11H2,1-3H3,(H,26,27)(H2,28,29,30). The highest BCUT2D eigenvalue weighted by atomic mass is 19.4. The van der Waals surface area contributed by atoms with Gasteiger partial charge in [0, 0.05) is 30.0 Å². The first kappa shape index (κ1) is 21.4. The molecule has 2 aromatic rings. The largest absolute Gasteiger partial charge is 0.416 e. The zero-order chi connectivity index (χ0) is 21.9. The number of aryl methyl sites for hydroxylation is 1. The predicted octanol–water partition coefficient (Wildman–Crippen LogP) is 5.80. The first-order valence-electron chi connectivity index (χ1n) is 9.50. The first-order valence-corrected chi connectivity index (χ1v) is 9.50. The third-order valence-electron chi connectivity index (χ3n) is 4.47. The van der Waals surface area contributed by atoms with E-state index in [1.165, 1.54) is 19.1 Å². The normalized spacial score (nSPS) is 15.2. The minimum Gasteiger partial charge on any atom is -0.350 e.